The van der Waals surface area contributed by atoms with Gasteiger partial charge in [0, 0.05) is 25.6 Å². The van der Waals surface area contributed by atoms with Gasteiger partial charge in [0.2, 0.25) is 5.91 Å². The van der Waals surface area contributed by atoms with Gasteiger partial charge in [-0.1, -0.05) is 30.3 Å². The largest absolute Gasteiger partial charge is 0.445 e. The maximum atomic E-state index is 12.3. The van der Waals surface area contributed by atoms with Gasteiger partial charge in [-0.15, -0.1) is 0 Å². The summed E-state index contributed by atoms with van der Waals surface area (Å²) in [6.45, 7) is 3.00. The van der Waals surface area contributed by atoms with E-state index >= 15 is 0 Å². The Morgan fingerprint density at radius 3 is 2.46 bits per heavy atom. The highest BCUT2D eigenvalue weighted by atomic mass is 16.5. The van der Waals surface area contributed by atoms with Gasteiger partial charge in [0.1, 0.15) is 6.61 Å². The normalized spacial score (nSPS) is 23.3. The van der Waals surface area contributed by atoms with Crippen molar-refractivity contribution in [3.8, 4) is 0 Å². The Kier molecular flexibility index (Phi) is 6.89. The molecule has 1 aliphatic heterocycles. The molecular weight excluding hydrogens is 332 g/mol. The standard InChI is InChI=1S/C20H28N2O4/c23-19(22-10-12-25-13-11-22)14-16-6-8-18(9-7-16)21-20(24)26-15-17-4-2-1-3-5-17/h1-5,16,18H,6-15H2,(H,21,24)/t16-,18-. The first-order chi connectivity index (χ1) is 12.7. The number of ether oxygens (including phenoxy) is 2. The lowest BCUT2D eigenvalue weighted by Crippen LogP contribution is -2.42. The number of carbonyl (C=O) groups excluding carboxylic acids is 2. The summed E-state index contributed by atoms with van der Waals surface area (Å²) in [6.07, 6.45) is 4.01. The Balaban J connectivity index is 1.33. The number of rotatable bonds is 5. The SMILES string of the molecule is O=C(N[C@H]1CC[C@H](CC(=O)N2CCOCC2)CC1)OCc1ccccc1. The van der Waals surface area contributed by atoms with Crippen LogP contribution >= 0.6 is 0 Å². The molecular formula is C20H28N2O4. The zero-order valence-corrected chi connectivity index (χ0v) is 15.2. The quantitative estimate of drug-likeness (QED) is 0.877. The van der Waals surface area contributed by atoms with Crippen LogP contribution in [0.4, 0.5) is 4.79 Å². The molecule has 1 aliphatic carbocycles. The van der Waals surface area contributed by atoms with Crippen LogP contribution in [-0.2, 0) is 20.9 Å². The molecule has 0 spiro atoms. The van der Waals surface area contributed by atoms with Crippen molar-refractivity contribution in [2.24, 2.45) is 5.92 Å². The van der Waals surface area contributed by atoms with Gasteiger partial charge in [-0.05, 0) is 37.2 Å². The summed E-state index contributed by atoms with van der Waals surface area (Å²) in [5.74, 6) is 0.663. The van der Waals surface area contributed by atoms with E-state index in [-0.39, 0.29) is 24.6 Å². The number of nitrogens with one attached hydrogen (secondary N) is 1. The molecule has 142 valence electrons. The van der Waals surface area contributed by atoms with Crippen LogP contribution in [0.5, 0.6) is 0 Å². The summed E-state index contributed by atoms with van der Waals surface area (Å²) in [4.78, 5) is 26.2. The van der Waals surface area contributed by atoms with E-state index in [0.717, 1.165) is 31.2 Å². The summed E-state index contributed by atoms with van der Waals surface area (Å²) in [5.41, 5.74) is 0.980. The van der Waals surface area contributed by atoms with Gasteiger partial charge in [0.25, 0.3) is 0 Å². The molecule has 2 fully saturated rings. The average molecular weight is 360 g/mol. The maximum absolute atomic E-state index is 12.3. The molecule has 1 saturated heterocycles. The van der Waals surface area contributed by atoms with Gasteiger partial charge in [-0.25, -0.2) is 4.79 Å². The number of morpholine rings is 1. The second kappa shape index (κ2) is 9.57. The van der Waals surface area contributed by atoms with Crippen molar-refractivity contribution in [2.45, 2.75) is 44.8 Å². The number of benzene rings is 1. The van der Waals surface area contributed by atoms with Crippen molar-refractivity contribution >= 4 is 12.0 Å². The van der Waals surface area contributed by atoms with Gasteiger partial charge < -0.3 is 19.7 Å². The van der Waals surface area contributed by atoms with E-state index < -0.39 is 0 Å². The summed E-state index contributed by atoms with van der Waals surface area (Å²) in [6, 6.07) is 9.80. The van der Waals surface area contributed by atoms with E-state index in [1.165, 1.54) is 0 Å². The molecule has 1 aromatic rings. The Bertz CT molecular complexity index is 579. The predicted molar refractivity (Wildman–Crippen MR) is 97.5 cm³/mol. The number of hydrogen-bond acceptors (Lipinski definition) is 4. The van der Waals surface area contributed by atoms with Crippen LogP contribution < -0.4 is 5.32 Å². The van der Waals surface area contributed by atoms with E-state index in [1.807, 2.05) is 35.2 Å². The van der Waals surface area contributed by atoms with Crippen LogP contribution in [0.2, 0.25) is 0 Å². The fraction of sp³-hybridized carbons (Fsp3) is 0.600. The second-order valence-electron chi connectivity index (χ2n) is 7.12. The Morgan fingerprint density at radius 1 is 1.08 bits per heavy atom. The summed E-state index contributed by atoms with van der Waals surface area (Å²) in [5, 5.41) is 2.95. The highest BCUT2D eigenvalue weighted by molar-refractivity contribution is 5.76. The van der Waals surface area contributed by atoms with Crippen molar-refractivity contribution in [3.63, 3.8) is 0 Å². The van der Waals surface area contributed by atoms with Crippen molar-refractivity contribution < 1.29 is 19.1 Å². The topological polar surface area (TPSA) is 67.9 Å². The maximum Gasteiger partial charge on any atom is 0.407 e. The van der Waals surface area contributed by atoms with E-state index in [0.29, 0.717) is 38.6 Å². The van der Waals surface area contributed by atoms with E-state index in [4.69, 9.17) is 9.47 Å². The van der Waals surface area contributed by atoms with E-state index in [9.17, 15) is 9.59 Å². The first-order valence-corrected chi connectivity index (χ1v) is 9.53. The minimum absolute atomic E-state index is 0.146. The summed E-state index contributed by atoms with van der Waals surface area (Å²) >= 11 is 0. The number of carbonyl (C=O) groups is 2. The molecule has 26 heavy (non-hydrogen) atoms. The van der Waals surface area contributed by atoms with Gasteiger partial charge in [-0.2, -0.15) is 0 Å². The number of nitrogens with zero attached hydrogens (tertiary/aromatic N) is 1. The third kappa shape index (κ3) is 5.73. The van der Waals surface area contributed by atoms with Gasteiger partial charge in [-0.3, -0.25) is 4.79 Å². The first kappa shape index (κ1) is 18.7. The van der Waals surface area contributed by atoms with Crippen LogP contribution in [0.3, 0.4) is 0 Å². The Morgan fingerprint density at radius 2 is 1.77 bits per heavy atom. The third-order valence-electron chi connectivity index (χ3n) is 5.21. The fourth-order valence-corrected chi connectivity index (χ4v) is 3.63. The molecule has 2 aliphatic rings. The lowest BCUT2D eigenvalue weighted by molar-refractivity contribution is -0.136. The molecule has 1 N–H and O–H groups in total. The first-order valence-electron chi connectivity index (χ1n) is 9.53. The minimum Gasteiger partial charge on any atom is -0.445 e. The van der Waals surface area contributed by atoms with Crippen LogP contribution in [-0.4, -0.2) is 49.2 Å². The Hall–Kier alpha value is -2.08. The highest BCUT2D eigenvalue weighted by Gasteiger charge is 2.26. The number of hydrogen-bond donors (Lipinski definition) is 1. The van der Waals surface area contributed by atoms with Crippen molar-refractivity contribution in [3.05, 3.63) is 35.9 Å². The molecule has 2 amide bonds. The number of alkyl carbamates (subject to hydrolysis) is 1. The molecule has 1 heterocycles. The number of amides is 2. The molecule has 0 radical (unpaired) electrons. The smallest absolute Gasteiger partial charge is 0.407 e. The molecule has 0 unspecified atom stereocenters. The van der Waals surface area contributed by atoms with Gasteiger partial charge >= 0.3 is 6.09 Å². The van der Waals surface area contributed by atoms with Gasteiger partial charge in [0.15, 0.2) is 0 Å². The average Bonchev–Trinajstić information content (AvgIpc) is 2.69. The molecule has 1 saturated carbocycles. The predicted octanol–water partition coefficient (Wildman–Crippen LogP) is 2.72. The summed E-state index contributed by atoms with van der Waals surface area (Å²) in [7, 11) is 0. The zero-order valence-electron chi connectivity index (χ0n) is 15.2. The minimum atomic E-state index is -0.360. The molecule has 0 atom stereocenters. The third-order valence-corrected chi connectivity index (χ3v) is 5.21. The van der Waals surface area contributed by atoms with Crippen molar-refractivity contribution in [2.75, 3.05) is 26.3 Å². The Labute approximate surface area is 154 Å². The van der Waals surface area contributed by atoms with Crippen LogP contribution in [0, 0.1) is 5.92 Å². The van der Waals surface area contributed by atoms with Crippen LogP contribution in [0.25, 0.3) is 0 Å². The second-order valence-corrected chi connectivity index (χ2v) is 7.12. The van der Waals surface area contributed by atoms with E-state index in [2.05, 4.69) is 5.32 Å². The molecule has 0 aromatic heterocycles. The van der Waals surface area contributed by atoms with Crippen LogP contribution in [0.1, 0.15) is 37.7 Å². The molecule has 6 heteroatoms. The lowest BCUT2D eigenvalue weighted by Gasteiger charge is -2.31. The lowest BCUT2D eigenvalue weighted by atomic mass is 9.84. The van der Waals surface area contributed by atoms with Crippen molar-refractivity contribution in [1.29, 1.82) is 0 Å². The monoisotopic (exact) mass is 360 g/mol. The van der Waals surface area contributed by atoms with Gasteiger partial charge in [0.05, 0.1) is 13.2 Å². The van der Waals surface area contributed by atoms with Crippen LogP contribution in [0.15, 0.2) is 30.3 Å². The fourth-order valence-electron chi connectivity index (χ4n) is 3.63. The molecule has 3 rings (SSSR count). The van der Waals surface area contributed by atoms with E-state index in [1.54, 1.807) is 0 Å². The molecule has 1 aromatic carbocycles. The molecule has 6 nitrogen and oxygen atoms in total. The molecule has 0 bridgehead atoms. The summed E-state index contributed by atoms with van der Waals surface area (Å²) < 4.78 is 10.6. The zero-order chi connectivity index (χ0) is 18.2. The van der Waals surface area contributed by atoms with Crippen molar-refractivity contribution in [1.82, 2.24) is 10.2 Å². The highest BCUT2D eigenvalue weighted by Crippen LogP contribution is 2.27.